The molecule has 0 saturated carbocycles. The Morgan fingerprint density at radius 2 is 1.90 bits per heavy atom. The molecule has 0 bridgehead atoms. The van der Waals surface area contributed by atoms with E-state index in [2.05, 4.69) is 11.8 Å². The van der Waals surface area contributed by atoms with Gasteiger partial charge >= 0.3 is 0 Å². The van der Waals surface area contributed by atoms with E-state index in [4.69, 9.17) is 4.74 Å². The minimum absolute atomic E-state index is 0.0730. The van der Waals surface area contributed by atoms with Crippen molar-refractivity contribution >= 4 is 34.7 Å². The summed E-state index contributed by atoms with van der Waals surface area (Å²) in [6.45, 7) is 5.19. The number of thioether (sulfide) groups is 1. The first-order chi connectivity index (χ1) is 14.0. The van der Waals surface area contributed by atoms with Crippen LogP contribution in [-0.4, -0.2) is 48.9 Å². The van der Waals surface area contributed by atoms with Crippen LogP contribution in [0.3, 0.4) is 0 Å². The van der Waals surface area contributed by atoms with Gasteiger partial charge in [-0.15, -0.1) is 11.8 Å². The van der Waals surface area contributed by atoms with Crippen LogP contribution in [0.4, 0.5) is 17.1 Å². The van der Waals surface area contributed by atoms with E-state index >= 15 is 0 Å². The number of hydrogen-bond donors (Lipinski definition) is 0. The number of carbonyl (C=O) groups excluding carboxylic acids is 1. The standard InChI is InChI=1S/C21H23N3O4S/c1-15-8-9-23(19-4-2-3-5-20(19)29-15)21(25)17-14-16(24(26)27)6-7-18(17)22-10-12-28-13-11-22/h2-7,14-15H,8-13H2,1H3. The molecule has 2 aliphatic heterocycles. The zero-order valence-electron chi connectivity index (χ0n) is 16.2. The summed E-state index contributed by atoms with van der Waals surface area (Å²) in [5.41, 5.74) is 1.89. The Morgan fingerprint density at radius 1 is 1.14 bits per heavy atom. The number of benzene rings is 2. The molecule has 2 aromatic carbocycles. The van der Waals surface area contributed by atoms with Gasteiger partial charge in [0.2, 0.25) is 0 Å². The van der Waals surface area contributed by atoms with Crippen LogP contribution in [0.5, 0.6) is 0 Å². The number of nitrogens with zero attached hydrogens (tertiary/aromatic N) is 3. The highest BCUT2D eigenvalue weighted by Crippen LogP contribution is 2.39. The molecular formula is C21H23N3O4S. The molecule has 29 heavy (non-hydrogen) atoms. The largest absolute Gasteiger partial charge is 0.378 e. The number of nitro benzene ring substituents is 1. The quantitative estimate of drug-likeness (QED) is 0.560. The van der Waals surface area contributed by atoms with Crippen LogP contribution in [0.25, 0.3) is 0 Å². The van der Waals surface area contributed by atoms with Crippen molar-refractivity contribution in [2.24, 2.45) is 0 Å². The molecule has 1 atom stereocenters. The lowest BCUT2D eigenvalue weighted by Crippen LogP contribution is -2.39. The molecule has 7 nitrogen and oxygen atoms in total. The lowest BCUT2D eigenvalue weighted by atomic mass is 10.1. The Bertz CT molecular complexity index is 930. The van der Waals surface area contributed by atoms with Crippen LogP contribution < -0.4 is 9.80 Å². The van der Waals surface area contributed by atoms with Gasteiger partial charge in [-0.1, -0.05) is 19.1 Å². The second-order valence-corrected chi connectivity index (χ2v) is 8.68. The van der Waals surface area contributed by atoms with Gasteiger partial charge in [-0.25, -0.2) is 0 Å². The van der Waals surface area contributed by atoms with Gasteiger partial charge in [0.1, 0.15) is 0 Å². The van der Waals surface area contributed by atoms with Crippen LogP contribution in [-0.2, 0) is 4.74 Å². The van der Waals surface area contributed by atoms with Gasteiger partial charge in [-0.3, -0.25) is 14.9 Å². The summed E-state index contributed by atoms with van der Waals surface area (Å²) in [5, 5.41) is 11.8. The van der Waals surface area contributed by atoms with Crippen molar-refractivity contribution in [3.05, 3.63) is 58.1 Å². The van der Waals surface area contributed by atoms with Crippen molar-refractivity contribution in [2.45, 2.75) is 23.5 Å². The Labute approximate surface area is 173 Å². The van der Waals surface area contributed by atoms with E-state index in [1.807, 2.05) is 24.3 Å². The molecule has 2 aliphatic rings. The number of morpholine rings is 1. The highest BCUT2D eigenvalue weighted by molar-refractivity contribution is 8.00. The molecule has 8 heteroatoms. The van der Waals surface area contributed by atoms with Gasteiger partial charge in [0.25, 0.3) is 11.6 Å². The highest BCUT2D eigenvalue weighted by Gasteiger charge is 2.29. The predicted octanol–water partition coefficient (Wildman–Crippen LogP) is 3.96. The Kier molecular flexibility index (Phi) is 5.73. The molecule has 2 aromatic rings. The van der Waals surface area contributed by atoms with E-state index in [1.165, 1.54) is 12.1 Å². The molecule has 4 rings (SSSR count). The van der Waals surface area contributed by atoms with Crippen molar-refractivity contribution in [2.75, 3.05) is 42.6 Å². The molecule has 0 N–H and O–H groups in total. The van der Waals surface area contributed by atoms with Crippen molar-refractivity contribution in [1.29, 1.82) is 0 Å². The van der Waals surface area contributed by atoms with Gasteiger partial charge < -0.3 is 14.5 Å². The van der Waals surface area contributed by atoms with Crippen LogP contribution in [0.15, 0.2) is 47.4 Å². The molecule has 0 aromatic heterocycles. The van der Waals surface area contributed by atoms with Gasteiger partial charge in [-0.05, 0) is 24.6 Å². The van der Waals surface area contributed by atoms with E-state index in [-0.39, 0.29) is 11.6 Å². The fourth-order valence-corrected chi connectivity index (χ4v) is 4.84. The second kappa shape index (κ2) is 8.42. The summed E-state index contributed by atoms with van der Waals surface area (Å²) in [5.74, 6) is -0.197. The molecule has 0 radical (unpaired) electrons. The van der Waals surface area contributed by atoms with Crippen LogP contribution >= 0.6 is 11.8 Å². The number of amides is 1. The predicted molar refractivity (Wildman–Crippen MR) is 114 cm³/mol. The maximum Gasteiger partial charge on any atom is 0.270 e. The van der Waals surface area contributed by atoms with Gasteiger partial charge in [0.05, 0.1) is 35.1 Å². The molecule has 1 fully saturated rings. The van der Waals surface area contributed by atoms with Crippen molar-refractivity contribution < 1.29 is 14.5 Å². The number of fused-ring (bicyclic) bond motifs is 1. The first-order valence-electron chi connectivity index (χ1n) is 9.73. The van der Waals surface area contributed by atoms with E-state index in [0.29, 0.717) is 43.7 Å². The minimum Gasteiger partial charge on any atom is -0.378 e. The number of nitro groups is 1. The summed E-state index contributed by atoms with van der Waals surface area (Å²) in [7, 11) is 0. The molecule has 1 saturated heterocycles. The number of carbonyl (C=O) groups is 1. The van der Waals surface area contributed by atoms with Crippen LogP contribution in [0.1, 0.15) is 23.7 Å². The monoisotopic (exact) mass is 413 g/mol. The maximum absolute atomic E-state index is 13.7. The van der Waals surface area contributed by atoms with Crippen LogP contribution in [0, 0.1) is 10.1 Å². The second-order valence-electron chi connectivity index (χ2n) is 7.20. The summed E-state index contributed by atoms with van der Waals surface area (Å²) in [6, 6.07) is 12.4. The lowest BCUT2D eigenvalue weighted by molar-refractivity contribution is -0.384. The van der Waals surface area contributed by atoms with E-state index in [9.17, 15) is 14.9 Å². The Morgan fingerprint density at radius 3 is 2.66 bits per heavy atom. The SMILES string of the molecule is CC1CCN(C(=O)c2cc([N+](=O)[O-])ccc2N2CCOCC2)c2ccccc2S1. The third-order valence-electron chi connectivity index (χ3n) is 5.26. The molecule has 0 aliphatic carbocycles. The molecule has 152 valence electrons. The van der Waals surface area contributed by atoms with E-state index < -0.39 is 4.92 Å². The minimum atomic E-state index is -0.450. The van der Waals surface area contributed by atoms with Gasteiger partial charge in [0, 0.05) is 41.9 Å². The lowest BCUT2D eigenvalue weighted by Gasteiger charge is -2.31. The summed E-state index contributed by atoms with van der Waals surface area (Å²) < 4.78 is 5.43. The van der Waals surface area contributed by atoms with E-state index in [0.717, 1.165) is 22.7 Å². The average Bonchev–Trinajstić information content (AvgIpc) is 2.91. The van der Waals surface area contributed by atoms with Crippen LogP contribution in [0.2, 0.25) is 0 Å². The number of hydrogen-bond acceptors (Lipinski definition) is 6. The normalized spacial score (nSPS) is 19.4. The zero-order valence-corrected chi connectivity index (χ0v) is 17.1. The van der Waals surface area contributed by atoms with Gasteiger partial charge in [0.15, 0.2) is 0 Å². The number of non-ortho nitro benzene ring substituents is 1. The first-order valence-corrected chi connectivity index (χ1v) is 10.6. The molecule has 1 amide bonds. The third kappa shape index (κ3) is 4.09. The smallest absolute Gasteiger partial charge is 0.270 e. The molecule has 1 unspecified atom stereocenters. The highest BCUT2D eigenvalue weighted by atomic mass is 32.2. The van der Waals surface area contributed by atoms with Gasteiger partial charge in [-0.2, -0.15) is 0 Å². The summed E-state index contributed by atoms with van der Waals surface area (Å²) >= 11 is 1.76. The third-order valence-corrected chi connectivity index (χ3v) is 6.50. The number of rotatable bonds is 3. The number of para-hydroxylation sites is 1. The van der Waals surface area contributed by atoms with E-state index in [1.54, 1.807) is 22.7 Å². The topological polar surface area (TPSA) is 75.9 Å². The summed E-state index contributed by atoms with van der Waals surface area (Å²) in [4.78, 5) is 29.5. The molecule has 2 heterocycles. The van der Waals surface area contributed by atoms with Crippen molar-refractivity contribution in [3.63, 3.8) is 0 Å². The summed E-state index contributed by atoms with van der Waals surface area (Å²) in [6.07, 6.45) is 0.854. The zero-order chi connectivity index (χ0) is 20.4. The molecule has 0 spiro atoms. The fourth-order valence-electron chi connectivity index (χ4n) is 3.73. The fraction of sp³-hybridized carbons (Fsp3) is 0.381. The Hall–Kier alpha value is -2.58. The molecular weight excluding hydrogens is 390 g/mol. The maximum atomic E-state index is 13.7. The first kappa shape index (κ1) is 19.7. The van der Waals surface area contributed by atoms with Crippen molar-refractivity contribution in [1.82, 2.24) is 0 Å². The average molecular weight is 413 g/mol. The van der Waals surface area contributed by atoms with Crippen molar-refractivity contribution in [3.8, 4) is 0 Å². The Balaban J connectivity index is 1.77. The number of ether oxygens (including phenoxy) is 1. The number of anilines is 2.